The molecule has 0 aliphatic carbocycles. The lowest BCUT2D eigenvalue weighted by molar-refractivity contribution is 0.103. The minimum Gasteiger partial charge on any atom is -0.383 e. The van der Waals surface area contributed by atoms with Crippen LogP contribution in [0.15, 0.2) is 30.5 Å². The van der Waals surface area contributed by atoms with Gasteiger partial charge in [0, 0.05) is 11.2 Å². The number of ketones is 1. The molecule has 1 heterocycles. The number of carbonyl (C=O) groups is 1. The van der Waals surface area contributed by atoms with Crippen LogP contribution in [-0.2, 0) is 0 Å². The quantitative estimate of drug-likeness (QED) is 0.861. The highest BCUT2D eigenvalue weighted by molar-refractivity contribution is 6.31. The number of aromatic nitrogens is 1. The van der Waals surface area contributed by atoms with Gasteiger partial charge in [0.2, 0.25) is 0 Å². The molecule has 0 saturated heterocycles. The maximum atomic E-state index is 13.6. The van der Waals surface area contributed by atoms with Crippen LogP contribution < -0.4 is 5.73 Å². The van der Waals surface area contributed by atoms with Gasteiger partial charge in [0.05, 0.1) is 16.1 Å². The molecule has 2 rings (SSSR count). The molecule has 1 aromatic carbocycles. The minimum absolute atomic E-state index is 0.00116. The Morgan fingerprint density at radius 1 is 1.17 bits per heavy atom. The summed E-state index contributed by atoms with van der Waals surface area (Å²) in [5.74, 6) is -1.30. The molecule has 2 N–H and O–H groups in total. The van der Waals surface area contributed by atoms with Crippen molar-refractivity contribution in [3.05, 3.63) is 57.5 Å². The normalized spacial score (nSPS) is 10.4. The SMILES string of the molecule is Nc1ncc(Cl)cc1C(=O)c1ccc(Cl)cc1F. The number of carbonyl (C=O) groups excluding carboxylic acids is 1. The van der Waals surface area contributed by atoms with Gasteiger partial charge in [0.25, 0.3) is 0 Å². The summed E-state index contributed by atoms with van der Waals surface area (Å²) >= 11 is 11.3. The van der Waals surface area contributed by atoms with E-state index in [0.717, 1.165) is 6.07 Å². The van der Waals surface area contributed by atoms with Gasteiger partial charge in [-0.15, -0.1) is 0 Å². The number of pyridine rings is 1. The molecule has 0 aliphatic rings. The third-order valence-corrected chi connectivity index (χ3v) is 2.75. The van der Waals surface area contributed by atoms with E-state index in [9.17, 15) is 9.18 Å². The Hall–Kier alpha value is -1.65. The van der Waals surface area contributed by atoms with Crippen LogP contribution in [0.25, 0.3) is 0 Å². The summed E-state index contributed by atoms with van der Waals surface area (Å²) in [7, 11) is 0. The molecule has 0 unspecified atom stereocenters. The predicted molar refractivity (Wildman–Crippen MR) is 68.5 cm³/mol. The number of rotatable bonds is 2. The van der Waals surface area contributed by atoms with Crippen LogP contribution in [0, 0.1) is 5.82 Å². The molecule has 0 spiro atoms. The van der Waals surface area contributed by atoms with Crippen LogP contribution in [0.3, 0.4) is 0 Å². The van der Waals surface area contributed by atoms with Crippen molar-refractivity contribution >= 4 is 34.8 Å². The second kappa shape index (κ2) is 4.92. The first-order valence-corrected chi connectivity index (χ1v) is 5.65. The number of nitrogens with two attached hydrogens (primary N) is 1. The van der Waals surface area contributed by atoms with Crippen molar-refractivity contribution in [3.8, 4) is 0 Å². The van der Waals surface area contributed by atoms with Gasteiger partial charge in [-0.3, -0.25) is 4.79 Å². The molecule has 3 nitrogen and oxygen atoms in total. The summed E-state index contributed by atoms with van der Waals surface area (Å²) in [6.07, 6.45) is 1.31. The second-order valence-electron chi connectivity index (χ2n) is 3.54. The fourth-order valence-electron chi connectivity index (χ4n) is 1.45. The Kier molecular flexibility index (Phi) is 3.50. The highest BCUT2D eigenvalue weighted by atomic mass is 35.5. The molecule has 0 saturated carbocycles. The van der Waals surface area contributed by atoms with Gasteiger partial charge in [-0.1, -0.05) is 23.2 Å². The standard InChI is InChI=1S/C12H7Cl2FN2O/c13-6-1-2-8(10(15)4-6)11(18)9-3-7(14)5-17-12(9)16/h1-5H,(H2,16,17). The molecule has 2 aromatic rings. The van der Waals surface area contributed by atoms with Crippen molar-refractivity contribution in [3.63, 3.8) is 0 Å². The summed E-state index contributed by atoms with van der Waals surface area (Å²) in [4.78, 5) is 15.8. The van der Waals surface area contributed by atoms with Crippen LogP contribution in [0.5, 0.6) is 0 Å². The first-order valence-electron chi connectivity index (χ1n) is 4.90. The zero-order valence-corrected chi connectivity index (χ0v) is 10.5. The topological polar surface area (TPSA) is 56.0 Å². The lowest BCUT2D eigenvalue weighted by atomic mass is 10.0. The van der Waals surface area contributed by atoms with Gasteiger partial charge in [0.15, 0.2) is 5.78 Å². The Morgan fingerprint density at radius 3 is 2.56 bits per heavy atom. The summed E-state index contributed by atoms with van der Waals surface area (Å²) in [5.41, 5.74) is 5.50. The number of anilines is 1. The highest BCUT2D eigenvalue weighted by Crippen LogP contribution is 2.22. The fourth-order valence-corrected chi connectivity index (χ4v) is 1.77. The number of benzene rings is 1. The average molecular weight is 285 g/mol. The highest BCUT2D eigenvalue weighted by Gasteiger charge is 2.17. The number of nitrogen functional groups attached to an aromatic ring is 1. The van der Waals surface area contributed by atoms with Crippen molar-refractivity contribution in [2.24, 2.45) is 0 Å². The van der Waals surface area contributed by atoms with E-state index in [4.69, 9.17) is 28.9 Å². The van der Waals surface area contributed by atoms with Gasteiger partial charge in [0.1, 0.15) is 11.6 Å². The maximum Gasteiger partial charge on any atom is 0.199 e. The van der Waals surface area contributed by atoms with Crippen LogP contribution in [-0.4, -0.2) is 10.8 Å². The van der Waals surface area contributed by atoms with Crippen LogP contribution in [0.2, 0.25) is 10.0 Å². The predicted octanol–water partition coefficient (Wildman–Crippen LogP) is 3.34. The average Bonchev–Trinajstić information content (AvgIpc) is 2.31. The third-order valence-electron chi connectivity index (χ3n) is 2.31. The maximum absolute atomic E-state index is 13.6. The second-order valence-corrected chi connectivity index (χ2v) is 4.41. The Labute approximate surface area is 112 Å². The summed E-state index contributed by atoms with van der Waals surface area (Å²) in [6.45, 7) is 0. The van der Waals surface area contributed by atoms with Gasteiger partial charge in [-0.05, 0) is 24.3 Å². The lowest BCUT2D eigenvalue weighted by Crippen LogP contribution is -2.08. The number of hydrogen-bond acceptors (Lipinski definition) is 3. The zero-order chi connectivity index (χ0) is 13.3. The molecule has 1 aromatic heterocycles. The molecule has 6 heteroatoms. The monoisotopic (exact) mass is 284 g/mol. The molecular formula is C12H7Cl2FN2O. The van der Waals surface area contributed by atoms with Crippen molar-refractivity contribution in [2.45, 2.75) is 0 Å². The van der Waals surface area contributed by atoms with Crippen molar-refractivity contribution in [1.29, 1.82) is 0 Å². The van der Waals surface area contributed by atoms with E-state index in [1.165, 1.54) is 24.4 Å². The summed E-state index contributed by atoms with van der Waals surface area (Å²) in [6, 6.07) is 5.12. The molecule has 0 aliphatic heterocycles. The van der Waals surface area contributed by atoms with E-state index in [1.807, 2.05) is 0 Å². The zero-order valence-electron chi connectivity index (χ0n) is 8.95. The third kappa shape index (κ3) is 2.44. The van der Waals surface area contributed by atoms with Crippen molar-refractivity contribution in [2.75, 3.05) is 5.73 Å². The lowest BCUT2D eigenvalue weighted by Gasteiger charge is -2.05. The van der Waals surface area contributed by atoms with E-state index in [1.54, 1.807) is 0 Å². The Bertz CT molecular complexity index is 631. The smallest absolute Gasteiger partial charge is 0.199 e. The summed E-state index contributed by atoms with van der Waals surface area (Å²) in [5, 5.41) is 0.461. The number of hydrogen-bond donors (Lipinski definition) is 1. The van der Waals surface area contributed by atoms with E-state index >= 15 is 0 Å². The molecule has 0 amide bonds. The largest absolute Gasteiger partial charge is 0.383 e. The van der Waals surface area contributed by atoms with E-state index in [0.29, 0.717) is 0 Å². The molecule has 0 bridgehead atoms. The van der Waals surface area contributed by atoms with Crippen LogP contribution in [0.4, 0.5) is 10.2 Å². The minimum atomic E-state index is -0.716. The molecule has 0 radical (unpaired) electrons. The van der Waals surface area contributed by atoms with Gasteiger partial charge in [-0.2, -0.15) is 0 Å². The fraction of sp³-hybridized carbons (Fsp3) is 0. The first-order chi connectivity index (χ1) is 8.49. The van der Waals surface area contributed by atoms with Gasteiger partial charge < -0.3 is 5.73 Å². The van der Waals surface area contributed by atoms with E-state index < -0.39 is 11.6 Å². The molecule has 0 atom stereocenters. The van der Waals surface area contributed by atoms with Crippen LogP contribution in [0.1, 0.15) is 15.9 Å². The van der Waals surface area contributed by atoms with E-state index in [-0.39, 0.29) is 27.0 Å². The number of halogens is 3. The van der Waals surface area contributed by atoms with Crippen LogP contribution >= 0.6 is 23.2 Å². The molecule has 0 fully saturated rings. The summed E-state index contributed by atoms with van der Waals surface area (Å²) < 4.78 is 13.6. The Balaban J connectivity index is 2.51. The molecule has 18 heavy (non-hydrogen) atoms. The van der Waals surface area contributed by atoms with Crippen molar-refractivity contribution < 1.29 is 9.18 Å². The number of nitrogens with zero attached hydrogens (tertiary/aromatic N) is 1. The molecule has 92 valence electrons. The first kappa shape index (κ1) is 12.8. The van der Waals surface area contributed by atoms with Gasteiger partial charge in [-0.25, -0.2) is 9.37 Å². The molecular weight excluding hydrogens is 278 g/mol. The Morgan fingerprint density at radius 2 is 1.89 bits per heavy atom. The van der Waals surface area contributed by atoms with E-state index in [2.05, 4.69) is 4.98 Å². The van der Waals surface area contributed by atoms with Crippen molar-refractivity contribution in [1.82, 2.24) is 4.98 Å². The van der Waals surface area contributed by atoms with Gasteiger partial charge >= 0.3 is 0 Å².